The Morgan fingerprint density at radius 1 is 1.31 bits per heavy atom. The lowest BCUT2D eigenvalue weighted by atomic mass is 10.1. The van der Waals surface area contributed by atoms with Crippen LogP contribution in [0.25, 0.3) is 0 Å². The van der Waals surface area contributed by atoms with Crippen LogP contribution < -0.4 is 10.6 Å². The molecular formula is C13H27N3. The van der Waals surface area contributed by atoms with Crippen LogP contribution in [0, 0.1) is 5.92 Å². The minimum Gasteiger partial charge on any atom is -0.315 e. The Morgan fingerprint density at radius 2 is 2.12 bits per heavy atom. The van der Waals surface area contributed by atoms with Crippen LogP contribution in [0.3, 0.4) is 0 Å². The van der Waals surface area contributed by atoms with Crippen LogP contribution in [-0.2, 0) is 0 Å². The second-order valence-corrected chi connectivity index (χ2v) is 5.56. The van der Waals surface area contributed by atoms with Gasteiger partial charge in [0.25, 0.3) is 0 Å². The molecule has 0 amide bonds. The van der Waals surface area contributed by atoms with Gasteiger partial charge in [0.1, 0.15) is 0 Å². The number of hydrogen-bond acceptors (Lipinski definition) is 3. The van der Waals surface area contributed by atoms with E-state index in [0.717, 1.165) is 18.5 Å². The number of hydrogen-bond donors (Lipinski definition) is 2. The van der Waals surface area contributed by atoms with E-state index in [1.165, 1.54) is 58.4 Å². The Hall–Kier alpha value is -0.120. The van der Waals surface area contributed by atoms with Crippen LogP contribution in [0.4, 0.5) is 0 Å². The van der Waals surface area contributed by atoms with Gasteiger partial charge in [0.2, 0.25) is 0 Å². The molecule has 2 unspecified atom stereocenters. The quantitative estimate of drug-likeness (QED) is 0.732. The van der Waals surface area contributed by atoms with E-state index in [2.05, 4.69) is 22.5 Å². The van der Waals surface area contributed by atoms with Gasteiger partial charge in [-0.3, -0.25) is 0 Å². The highest BCUT2D eigenvalue weighted by Gasteiger charge is 2.16. The zero-order valence-electron chi connectivity index (χ0n) is 10.7. The van der Waals surface area contributed by atoms with Crippen LogP contribution in [0.5, 0.6) is 0 Å². The summed E-state index contributed by atoms with van der Waals surface area (Å²) in [6, 6.07) is 0.717. The molecule has 3 nitrogen and oxygen atoms in total. The number of nitrogens with one attached hydrogen (secondary N) is 2. The smallest absolute Gasteiger partial charge is 0.0193 e. The van der Waals surface area contributed by atoms with E-state index in [9.17, 15) is 0 Å². The van der Waals surface area contributed by atoms with E-state index in [4.69, 9.17) is 0 Å². The molecule has 0 bridgehead atoms. The summed E-state index contributed by atoms with van der Waals surface area (Å²) in [6.07, 6.45) is 5.50. The molecule has 2 N–H and O–H groups in total. The van der Waals surface area contributed by atoms with Gasteiger partial charge >= 0.3 is 0 Å². The molecule has 0 aromatic carbocycles. The fourth-order valence-corrected chi connectivity index (χ4v) is 2.86. The normalized spacial score (nSPS) is 29.4. The summed E-state index contributed by atoms with van der Waals surface area (Å²) in [5.41, 5.74) is 0. The molecular weight excluding hydrogens is 198 g/mol. The molecule has 0 spiro atoms. The minimum atomic E-state index is 0.717. The van der Waals surface area contributed by atoms with Crippen molar-refractivity contribution in [3.05, 3.63) is 0 Å². The molecule has 16 heavy (non-hydrogen) atoms. The fourth-order valence-electron chi connectivity index (χ4n) is 2.86. The second-order valence-electron chi connectivity index (χ2n) is 5.56. The van der Waals surface area contributed by atoms with Gasteiger partial charge in [-0.2, -0.15) is 0 Å². The molecule has 0 aromatic rings. The predicted octanol–water partition coefficient (Wildman–Crippen LogP) is 1.06. The summed E-state index contributed by atoms with van der Waals surface area (Å²) < 4.78 is 0. The molecule has 0 radical (unpaired) electrons. The third-order valence-corrected chi connectivity index (χ3v) is 3.82. The Balaban J connectivity index is 1.57. The van der Waals surface area contributed by atoms with Crippen molar-refractivity contribution in [2.75, 3.05) is 39.3 Å². The third kappa shape index (κ3) is 4.04. The van der Waals surface area contributed by atoms with E-state index in [0.29, 0.717) is 0 Å². The molecule has 2 aliphatic rings. The van der Waals surface area contributed by atoms with Gasteiger partial charge in [-0.1, -0.05) is 6.92 Å². The highest BCUT2D eigenvalue weighted by molar-refractivity contribution is 4.77. The first-order valence-corrected chi connectivity index (χ1v) is 7.01. The zero-order valence-corrected chi connectivity index (χ0v) is 10.7. The Bertz CT molecular complexity index is 184. The maximum Gasteiger partial charge on any atom is 0.0193 e. The molecule has 0 aliphatic carbocycles. The van der Waals surface area contributed by atoms with Gasteiger partial charge < -0.3 is 15.5 Å². The molecule has 2 saturated heterocycles. The summed E-state index contributed by atoms with van der Waals surface area (Å²) >= 11 is 0. The first-order chi connectivity index (χ1) is 7.84. The van der Waals surface area contributed by atoms with Gasteiger partial charge in [-0.15, -0.1) is 0 Å². The molecule has 0 saturated carbocycles. The Kier molecular flexibility index (Phi) is 5.07. The van der Waals surface area contributed by atoms with Crippen molar-refractivity contribution in [1.29, 1.82) is 0 Å². The van der Waals surface area contributed by atoms with Crippen molar-refractivity contribution in [1.82, 2.24) is 15.5 Å². The number of nitrogens with zero attached hydrogens (tertiary/aromatic N) is 1. The van der Waals surface area contributed by atoms with E-state index in [-0.39, 0.29) is 0 Å². The lowest BCUT2D eigenvalue weighted by Gasteiger charge is -2.27. The highest BCUT2D eigenvalue weighted by atomic mass is 15.1. The molecule has 2 fully saturated rings. The number of likely N-dealkylation sites (tertiary alicyclic amines) is 1. The molecule has 2 heterocycles. The summed E-state index contributed by atoms with van der Waals surface area (Å²) in [6.45, 7) is 9.88. The van der Waals surface area contributed by atoms with Crippen molar-refractivity contribution in [2.45, 2.75) is 38.6 Å². The highest BCUT2D eigenvalue weighted by Crippen LogP contribution is 2.10. The van der Waals surface area contributed by atoms with Gasteiger partial charge in [0, 0.05) is 19.1 Å². The Labute approximate surface area is 100.0 Å². The van der Waals surface area contributed by atoms with Gasteiger partial charge in [0.15, 0.2) is 0 Å². The number of piperidine rings is 1. The molecule has 0 aromatic heterocycles. The Morgan fingerprint density at radius 3 is 2.81 bits per heavy atom. The topological polar surface area (TPSA) is 27.3 Å². The van der Waals surface area contributed by atoms with E-state index in [1.807, 2.05) is 0 Å². The summed E-state index contributed by atoms with van der Waals surface area (Å²) in [4.78, 5) is 2.62. The fraction of sp³-hybridized carbons (Fsp3) is 1.00. The first kappa shape index (κ1) is 12.3. The van der Waals surface area contributed by atoms with Crippen LogP contribution in [0.15, 0.2) is 0 Å². The van der Waals surface area contributed by atoms with Crippen molar-refractivity contribution >= 4 is 0 Å². The SMILES string of the molecule is CC(CNC1CCCNC1)CN1CCCC1. The van der Waals surface area contributed by atoms with Crippen molar-refractivity contribution in [3.8, 4) is 0 Å². The summed E-state index contributed by atoms with van der Waals surface area (Å²) in [5.74, 6) is 0.792. The first-order valence-electron chi connectivity index (χ1n) is 7.01. The summed E-state index contributed by atoms with van der Waals surface area (Å²) in [7, 11) is 0. The van der Waals surface area contributed by atoms with E-state index < -0.39 is 0 Å². The molecule has 3 heteroatoms. The van der Waals surface area contributed by atoms with Gasteiger partial charge in [-0.05, 0) is 57.8 Å². The van der Waals surface area contributed by atoms with Gasteiger partial charge in [-0.25, -0.2) is 0 Å². The van der Waals surface area contributed by atoms with Gasteiger partial charge in [0.05, 0.1) is 0 Å². The van der Waals surface area contributed by atoms with Crippen molar-refractivity contribution in [2.24, 2.45) is 5.92 Å². The standard InChI is InChI=1S/C13H27N3/c1-12(11-16-7-2-3-8-16)9-15-13-5-4-6-14-10-13/h12-15H,2-11H2,1H3. The average molecular weight is 225 g/mol. The minimum absolute atomic E-state index is 0.717. The third-order valence-electron chi connectivity index (χ3n) is 3.82. The van der Waals surface area contributed by atoms with Crippen LogP contribution in [-0.4, -0.2) is 50.2 Å². The summed E-state index contributed by atoms with van der Waals surface area (Å²) in [5, 5.41) is 7.16. The van der Waals surface area contributed by atoms with Crippen molar-refractivity contribution in [3.63, 3.8) is 0 Å². The largest absolute Gasteiger partial charge is 0.315 e. The number of rotatable bonds is 5. The predicted molar refractivity (Wildman–Crippen MR) is 68.7 cm³/mol. The molecule has 2 aliphatic heterocycles. The molecule has 94 valence electrons. The van der Waals surface area contributed by atoms with Crippen LogP contribution in [0.2, 0.25) is 0 Å². The van der Waals surface area contributed by atoms with Crippen LogP contribution >= 0.6 is 0 Å². The van der Waals surface area contributed by atoms with E-state index >= 15 is 0 Å². The van der Waals surface area contributed by atoms with Crippen molar-refractivity contribution < 1.29 is 0 Å². The van der Waals surface area contributed by atoms with Crippen LogP contribution in [0.1, 0.15) is 32.6 Å². The zero-order chi connectivity index (χ0) is 11.2. The maximum atomic E-state index is 3.71. The second kappa shape index (κ2) is 6.58. The lowest BCUT2D eigenvalue weighted by molar-refractivity contribution is 0.271. The molecule has 2 rings (SSSR count). The monoisotopic (exact) mass is 225 g/mol. The maximum absolute atomic E-state index is 3.71. The molecule has 2 atom stereocenters. The average Bonchev–Trinajstić information content (AvgIpc) is 2.81. The van der Waals surface area contributed by atoms with E-state index in [1.54, 1.807) is 0 Å². The lowest BCUT2D eigenvalue weighted by Crippen LogP contribution is -2.45.